The SMILES string of the molecule is CSCCC(NC(=O)OCC1c2ccccc2-c2ccccc21)C(=O)NCc1cc(C(=O)O)no1. The summed E-state index contributed by atoms with van der Waals surface area (Å²) in [6.07, 6.45) is 1.62. The molecule has 0 radical (unpaired) electrons. The largest absolute Gasteiger partial charge is 0.476 e. The Morgan fingerprint density at radius 2 is 1.77 bits per heavy atom. The van der Waals surface area contributed by atoms with Crippen LogP contribution in [0.1, 0.15) is 39.7 Å². The van der Waals surface area contributed by atoms with Crippen LogP contribution in [-0.2, 0) is 16.1 Å². The Hall–Kier alpha value is -3.79. The number of nitrogens with zero attached hydrogens (tertiary/aromatic N) is 1. The second-order valence-electron chi connectivity index (χ2n) is 8.01. The Labute approximate surface area is 206 Å². The molecule has 3 aromatic rings. The number of amides is 2. The summed E-state index contributed by atoms with van der Waals surface area (Å²) < 4.78 is 10.5. The van der Waals surface area contributed by atoms with Crippen molar-refractivity contribution in [2.24, 2.45) is 0 Å². The average Bonchev–Trinajstić information content (AvgIpc) is 3.47. The van der Waals surface area contributed by atoms with Gasteiger partial charge in [-0.3, -0.25) is 4.79 Å². The normalized spacial score (nSPS) is 12.9. The third-order valence-corrected chi connectivity index (χ3v) is 6.42. The van der Waals surface area contributed by atoms with E-state index in [2.05, 4.69) is 27.9 Å². The van der Waals surface area contributed by atoms with Crippen molar-refractivity contribution in [2.45, 2.75) is 24.9 Å². The van der Waals surface area contributed by atoms with Crippen LogP contribution < -0.4 is 10.6 Å². The number of aromatic carboxylic acids is 1. The van der Waals surface area contributed by atoms with Crippen LogP contribution in [0.2, 0.25) is 0 Å². The maximum absolute atomic E-state index is 12.7. The molecule has 0 aliphatic heterocycles. The number of ether oxygens (including phenoxy) is 1. The smallest absolute Gasteiger partial charge is 0.407 e. The van der Waals surface area contributed by atoms with Gasteiger partial charge >= 0.3 is 12.1 Å². The first kappa shape index (κ1) is 24.3. The highest BCUT2D eigenvalue weighted by molar-refractivity contribution is 7.98. The predicted octanol–water partition coefficient (Wildman–Crippen LogP) is 3.65. The van der Waals surface area contributed by atoms with E-state index in [9.17, 15) is 14.4 Å². The van der Waals surface area contributed by atoms with E-state index in [0.29, 0.717) is 12.2 Å². The van der Waals surface area contributed by atoms with Crippen molar-refractivity contribution in [1.29, 1.82) is 0 Å². The lowest BCUT2D eigenvalue weighted by molar-refractivity contribution is -0.123. The molecule has 1 aliphatic rings. The van der Waals surface area contributed by atoms with Crippen LogP contribution in [0.25, 0.3) is 11.1 Å². The van der Waals surface area contributed by atoms with Gasteiger partial charge in [0.15, 0.2) is 11.5 Å². The molecule has 3 N–H and O–H groups in total. The standard InChI is InChI=1S/C25H25N3O6S/c1-35-11-10-21(23(29)26-13-15-12-22(24(30)31)28-34-15)27-25(32)33-14-20-18-8-4-2-6-16(18)17-7-3-5-9-19(17)20/h2-9,12,20-21H,10-11,13-14H2,1H3,(H,26,29)(H,27,32)(H,30,31). The summed E-state index contributed by atoms with van der Waals surface area (Å²) in [5.41, 5.74) is 4.22. The van der Waals surface area contributed by atoms with Gasteiger partial charge in [-0.15, -0.1) is 0 Å². The number of nitrogens with one attached hydrogen (secondary N) is 2. The van der Waals surface area contributed by atoms with E-state index in [1.54, 1.807) is 11.8 Å². The van der Waals surface area contributed by atoms with Crippen LogP contribution in [0.3, 0.4) is 0 Å². The van der Waals surface area contributed by atoms with Gasteiger partial charge in [-0.1, -0.05) is 53.7 Å². The lowest BCUT2D eigenvalue weighted by Crippen LogP contribution is -2.47. The maximum Gasteiger partial charge on any atom is 0.407 e. The van der Waals surface area contributed by atoms with E-state index in [0.717, 1.165) is 22.3 Å². The molecule has 1 unspecified atom stereocenters. The van der Waals surface area contributed by atoms with Gasteiger partial charge in [0, 0.05) is 12.0 Å². The zero-order valence-electron chi connectivity index (χ0n) is 19.0. The van der Waals surface area contributed by atoms with Gasteiger partial charge in [0.05, 0.1) is 6.54 Å². The molecule has 0 spiro atoms. The summed E-state index contributed by atoms with van der Waals surface area (Å²) in [6.45, 7) is 0.0913. The summed E-state index contributed by atoms with van der Waals surface area (Å²) in [5.74, 6) is -0.892. The van der Waals surface area contributed by atoms with E-state index < -0.39 is 24.0 Å². The Morgan fingerprint density at radius 1 is 1.11 bits per heavy atom. The van der Waals surface area contributed by atoms with Gasteiger partial charge in [0.25, 0.3) is 0 Å². The molecule has 1 atom stereocenters. The van der Waals surface area contributed by atoms with Gasteiger partial charge < -0.3 is 25.0 Å². The Bertz CT molecular complexity index is 1180. The highest BCUT2D eigenvalue weighted by Crippen LogP contribution is 2.44. The van der Waals surface area contributed by atoms with E-state index >= 15 is 0 Å². The van der Waals surface area contributed by atoms with Crippen molar-refractivity contribution in [3.63, 3.8) is 0 Å². The summed E-state index contributed by atoms with van der Waals surface area (Å²) in [4.78, 5) is 36.3. The summed E-state index contributed by atoms with van der Waals surface area (Å²) in [5, 5.41) is 17.6. The zero-order chi connectivity index (χ0) is 24.8. The highest BCUT2D eigenvalue weighted by Gasteiger charge is 2.29. The molecule has 2 amide bonds. The molecule has 0 bridgehead atoms. The first-order chi connectivity index (χ1) is 17.0. The molecule has 35 heavy (non-hydrogen) atoms. The van der Waals surface area contributed by atoms with Crippen molar-refractivity contribution in [1.82, 2.24) is 15.8 Å². The molecule has 0 saturated carbocycles. The van der Waals surface area contributed by atoms with Crippen molar-refractivity contribution in [3.05, 3.63) is 77.2 Å². The Balaban J connectivity index is 1.36. The maximum atomic E-state index is 12.7. The molecule has 10 heteroatoms. The molecule has 0 fully saturated rings. The van der Waals surface area contributed by atoms with Crippen LogP contribution in [-0.4, -0.2) is 52.9 Å². The minimum Gasteiger partial charge on any atom is -0.476 e. The molecular weight excluding hydrogens is 470 g/mol. The minimum absolute atomic E-state index is 0.0543. The average molecular weight is 496 g/mol. The molecule has 1 aliphatic carbocycles. The van der Waals surface area contributed by atoms with Gasteiger partial charge in [-0.05, 0) is 40.7 Å². The third-order valence-electron chi connectivity index (χ3n) is 5.78. The van der Waals surface area contributed by atoms with Gasteiger partial charge in [-0.2, -0.15) is 11.8 Å². The number of benzene rings is 2. The van der Waals surface area contributed by atoms with Crippen LogP contribution in [0.15, 0.2) is 59.1 Å². The van der Waals surface area contributed by atoms with Crippen LogP contribution in [0.5, 0.6) is 0 Å². The zero-order valence-corrected chi connectivity index (χ0v) is 19.8. The second-order valence-corrected chi connectivity index (χ2v) is 8.99. The van der Waals surface area contributed by atoms with E-state index in [-0.39, 0.29) is 30.5 Å². The third kappa shape index (κ3) is 5.65. The predicted molar refractivity (Wildman–Crippen MR) is 130 cm³/mol. The quantitative estimate of drug-likeness (QED) is 0.389. The number of hydrogen-bond donors (Lipinski definition) is 3. The number of carboxylic acids is 1. The van der Waals surface area contributed by atoms with Crippen molar-refractivity contribution >= 4 is 29.7 Å². The molecular formula is C25H25N3O6S. The second kappa shape index (κ2) is 11.1. The number of aromatic nitrogens is 1. The lowest BCUT2D eigenvalue weighted by atomic mass is 9.98. The van der Waals surface area contributed by atoms with Gasteiger partial charge in [0.2, 0.25) is 5.91 Å². The fourth-order valence-corrected chi connectivity index (χ4v) is 4.55. The van der Waals surface area contributed by atoms with E-state index in [1.807, 2.05) is 42.7 Å². The molecule has 1 aromatic heterocycles. The highest BCUT2D eigenvalue weighted by atomic mass is 32.2. The van der Waals surface area contributed by atoms with Crippen LogP contribution in [0, 0.1) is 0 Å². The van der Waals surface area contributed by atoms with Gasteiger partial charge in [-0.25, -0.2) is 9.59 Å². The Morgan fingerprint density at radius 3 is 2.37 bits per heavy atom. The van der Waals surface area contributed by atoms with Crippen molar-refractivity contribution in [2.75, 3.05) is 18.6 Å². The molecule has 1 heterocycles. The minimum atomic E-state index is -1.22. The van der Waals surface area contributed by atoms with E-state index in [4.69, 9.17) is 14.4 Å². The number of alkyl carbamates (subject to hydrolysis) is 1. The summed E-state index contributed by atoms with van der Waals surface area (Å²) in [7, 11) is 0. The fraction of sp³-hybridized carbons (Fsp3) is 0.280. The number of carboxylic acid groups (broad SMARTS) is 1. The number of hydrogen-bond acceptors (Lipinski definition) is 7. The van der Waals surface area contributed by atoms with Crippen molar-refractivity contribution < 1.29 is 28.8 Å². The number of rotatable bonds is 10. The topological polar surface area (TPSA) is 131 Å². The number of carbonyl (C=O) groups is 3. The number of thioether (sulfide) groups is 1. The molecule has 182 valence electrons. The van der Waals surface area contributed by atoms with Crippen molar-refractivity contribution in [3.8, 4) is 11.1 Å². The number of fused-ring (bicyclic) bond motifs is 3. The molecule has 0 saturated heterocycles. The lowest BCUT2D eigenvalue weighted by Gasteiger charge is -2.19. The Kier molecular flexibility index (Phi) is 7.71. The monoisotopic (exact) mass is 495 g/mol. The van der Waals surface area contributed by atoms with Gasteiger partial charge in [0.1, 0.15) is 12.6 Å². The first-order valence-corrected chi connectivity index (χ1v) is 12.4. The first-order valence-electron chi connectivity index (χ1n) is 11.0. The number of carbonyl (C=O) groups excluding carboxylic acids is 2. The fourth-order valence-electron chi connectivity index (χ4n) is 4.08. The van der Waals surface area contributed by atoms with Crippen LogP contribution >= 0.6 is 11.8 Å². The van der Waals surface area contributed by atoms with E-state index in [1.165, 1.54) is 6.07 Å². The molecule has 2 aromatic carbocycles. The van der Waals surface area contributed by atoms with Crippen LogP contribution in [0.4, 0.5) is 4.79 Å². The molecule has 9 nitrogen and oxygen atoms in total. The summed E-state index contributed by atoms with van der Waals surface area (Å²) >= 11 is 1.55. The molecule has 4 rings (SSSR count). The summed E-state index contributed by atoms with van der Waals surface area (Å²) in [6, 6.07) is 16.5.